The Morgan fingerprint density at radius 3 is 2.42 bits per heavy atom. The fourth-order valence-electron chi connectivity index (χ4n) is 4.07. The van der Waals surface area contributed by atoms with Crippen LogP contribution < -0.4 is 5.32 Å². The molecule has 0 spiro atoms. The molecule has 3 aromatic rings. The lowest BCUT2D eigenvalue weighted by atomic mass is 9.97. The highest BCUT2D eigenvalue weighted by molar-refractivity contribution is 5.92. The maximum atomic E-state index is 12.9. The van der Waals surface area contributed by atoms with Gasteiger partial charge in [-0.1, -0.05) is 48.0 Å². The smallest absolute Gasteiger partial charge is 0.309 e. The van der Waals surface area contributed by atoms with Crippen molar-refractivity contribution in [3.8, 4) is 16.9 Å². The number of hydrogen-bond donors (Lipinski definition) is 1. The third kappa shape index (κ3) is 5.68. The average molecular weight is 447 g/mol. The molecule has 2 aromatic carbocycles. The molecule has 0 unspecified atom stereocenters. The van der Waals surface area contributed by atoms with Crippen LogP contribution in [0.1, 0.15) is 25.3 Å². The molecule has 1 aliphatic rings. The summed E-state index contributed by atoms with van der Waals surface area (Å²) < 4.78 is 6.89. The summed E-state index contributed by atoms with van der Waals surface area (Å²) >= 11 is 0. The molecule has 1 fully saturated rings. The zero-order chi connectivity index (χ0) is 23.2. The van der Waals surface area contributed by atoms with Gasteiger partial charge in [-0.2, -0.15) is 5.10 Å². The van der Waals surface area contributed by atoms with Crippen molar-refractivity contribution in [3.05, 3.63) is 66.2 Å². The molecule has 1 N–H and O–H groups in total. The van der Waals surface area contributed by atoms with Crippen LogP contribution in [0.2, 0.25) is 0 Å². The van der Waals surface area contributed by atoms with Crippen LogP contribution in [0.3, 0.4) is 0 Å². The van der Waals surface area contributed by atoms with Gasteiger partial charge in [0.05, 0.1) is 30.5 Å². The van der Waals surface area contributed by atoms with E-state index in [2.05, 4.69) is 22.3 Å². The summed E-state index contributed by atoms with van der Waals surface area (Å²) in [4.78, 5) is 26.9. The molecular formula is C26H30N4O3. The van der Waals surface area contributed by atoms with E-state index in [-0.39, 0.29) is 24.3 Å². The first-order valence-corrected chi connectivity index (χ1v) is 11.4. The fourth-order valence-corrected chi connectivity index (χ4v) is 4.07. The first-order chi connectivity index (χ1) is 16.0. The number of aromatic nitrogens is 2. The van der Waals surface area contributed by atoms with Crippen molar-refractivity contribution < 1.29 is 14.3 Å². The lowest BCUT2D eigenvalue weighted by molar-refractivity contribution is -0.149. The summed E-state index contributed by atoms with van der Waals surface area (Å²) in [5, 5.41) is 7.80. The number of carbonyl (C=O) groups is 2. The van der Waals surface area contributed by atoms with E-state index in [4.69, 9.17) is 9.84 Å². The SMILES string of the molecule is CCOC(=O)C1CCN(CC(=O)Nc2cc(-c3ccc(C)cc3)nn2-c2ccccc2)CC1. The zero-order valence-electron chi connectivity index (χ0n) is 19.2. The van der Waals surface area contributed by atoms with E-state index in [1.807, 2.05) is 62.4 Å². The molecular weight excluding hydrogens is 416 g/mol. The highest BCUT2D eigenvalue weighted by atomic mass is 16.5. The number of likely N-dealkylation sites (tertiary alicyclic amines) is 1. The molecule has 0 aliphatic carbocycles. The van der Waals surface area contributed by atoms with Crippen LogP contribution in [-0.4, -0.2) is 52.8 Å². The number of piperidine rings is 1. The Balaban J connectivity index is 1.46. The molecule has 1 amide bonds. The van der Waals surface area contributed by atoms with E-state index in [1.165, 1.54) is 5.56 Å². The Bertz CT molecular complexity index is 1080. The van der Waals surface area contributed by atoms with Gasteiger partial charge in [-0.15, -0.1) is 0 Å². The largest absolute Gasteiger partial charge is 0.466 e. The number of rotatable bonds is 7. The molecule has 4 rings (SSSR count). The number of aryl methyl sites for hydroxylation is 1. The van der Waals surface area contributed by atoms with Crippen molar-refractivity contribution >= 4 is 17.7 Å². The molecule has 2 heterocycles. The van der Waals surface area contributed by atoms with Crippen molar-refractivity contribution in [1.82, 2.24) is 14.7 Å². The van der Waals surface area contributed by atoms with E-state index < -0.39 is 0 Å². The maximum Gasteiger partial charge on any atom is 0.309 e. The predicted octanol–water partition coefficient (Wildman–Crippen LogP) is 4.06. The number of para-hydroxylation sites is 1. The van der Waals surface area contributed by atoms with Gasteiger partial charge in [-0.05, 0) is 51.9 Å². The third-order valence-electron chi connectivity index (χ3n) is 5.90. The van der Waals surface area contributed by atoms with E-state index in [9.17, 15) is 9.59 Å². The van der Waals surface area contributed by atoms with Gasteiger partial charge in [0.15, 0.2) is 0 Å². The summed E-state index contributed by atoms with van der Waals surface area (Å²) in [6.45, 7) is 5.94. The lowest BCUT2D eigenvalue weighted by Crippen LogP contribution is -2.41. The van der Waals surface area contributed by atoms with Crippen molar-refractivity contribution in [1.29, 1.82) is 0 Å². The molecule has 1 aliphatic heterocycles. The van der Waals surface area contributed by atoms with E-state index in [0.717, 1.165) is 16.9 Å². The molecule has 33 heavy (non-hydrogen) atoms. The van der Waals surface area contributed by atoms with Gasteiger partial charge < -0.3 is 10.1 Å². The minimum absolute atomic E-state index is 0.0687. The number of amides is 1. The summed E-state index contributed by atoms with van der Waals surface area (Å²) in [6, 6.07) is 19.8. The monoisotopic (exact) mass is 446 g/mol. The van der Waals surface area contributed by atoms with Crippen molar-refractivity contribution in [2.75, 3.05) is 31.6 Å². The number of benzene rings is 2. The van der Waals surface area contributed by atoms with Gasteiger partial charge in [0, 0.05) is 11.6 Å². The number of nitrogens with one attached hydrogen (secondary N) is 1. The second kappa shape index (κ2) is 10.4. The van der Waals surface area contributed by atoms with Gasteiger partial charge in [-0.3, -0.25) is 14.5 Å². The molecule has 7 heteroatoms. The Labute approximate surface area is 194 Å². The number of ether oxygens (including phenoxy) is 1. The highest BCUT2D eigenvalue weighted by Gasteiger charge is 2.27. The van der Waals surface area contributed by atoms with E-state index in [1.54, 1.807) is 4.68 Å². The highest BCUT2D eigenvalue weighted by Crippen LogP contribution is 2.25. The van der Waals surface area contributed by atoms with Crippen molar-refractivity contribution in [2.24, 2.45) is 5.92 Å². The van der Waals surface area contributed by atoms with Crippen molar-refractivity contribution in [3.63, 3.8) is 0 Å². The van der Waals surface area contributed by atoms with Crippen LogP contribution in [0.4, 0.5) is 5.82 Å². The lowest BCUT2D eigenvalue weighted by Gasteiger charge is -2.30. The molecule has 0 saturated carbocycles. The Kier molecular flexibility index (Phi) is 7.19. The fraction of sp³-hybridized carbons (Fsp3) is 0.346. The second-order valence-electron chi connectivity index (χ2n) is 8.38. The second-order valence-corrected chi connectivity index (χ2v) is 8.38. The Hall–Kier alpha value is -3.45. The van der Waals surface area contributed by atoms with E-state index >= 15 is 0 Å². The molecule has 0 radical (unpaired) electrons. The molecule has 1 aromatic heterocycles. The molecule has 172 valence electrons. The van der Waals surface area contributed by atoms with Gasteiger partial charge >= 0.3 is 5.97 Å². The van der Waals surface area contributed by atoms with Gasteiger partial charge in [0.2, 0.25) is 5.91 Å². The summed E-state index contributed by atoms with van der Waals surface area (Å²) in [7, 11) is 0. The first-order valence-electron chi connectivity index (χ1n) is 11.4. The van der Waals surface area contributed by atoms with Gasteiger partial charge in [0.25, 0.3) is 0 Å². The first kappa shape index (κ1) is 22.7. The quantitative estimate of drug-likeness (QED) is 0.554. The number of nitrogens with zero attached hydrogens (tertiary/aromatic N) is 3. The van der Waals surface area contributed by atoms with Crippen LogP contribution in [0.25, 0.3) is 16.9 Å². The molecule has 7 nitrogen and oxygen atoms in total. The number of carbonyl (C=O) groups excluding carboxylic acids is 2. The predicted molar refractivity (Wildman–Crippen MR) is 128 cm³/mol. The minimum atomic E-state index is -0.128. The summed E-state index contributed by atoms with van der Waals surface area (Å²) in [5.74, 6) is 0.332. The van der Waals surface area contributed by atoms with Crippen LogP contribution >= 0.6 is 0 Å². The third-order valence-corrected chi connectivity index (χ3v) is 5.90. The van der Waals surface area contributed by atoms with Crippen LogP contribution in [0.15, 0.2) is 60.7 Å². The Morgan fingerprint density at radius 2 is 1.76 bits per heavy atom. The van der Waals surface area contributed by atoms with Gasteiger partial charge in [-0.25, -0.2) is 4.68 Å². The molecule has 0 bridgehead atoms. The number of hydrogen-bond acceptors (Lipinski definition) is 5. The van der Waals surface area contributed by atoms with Crippen LogP contribution in [0.5, 0.6) is 0 Å². The maximum absolute atomic E-state index is 12.9. The van der Waals surface area contributed by atoms with Crippen LogP contribution in [0, 0.1) is 12.8 Å². The van der Waals surface area contributed by atoms with Gasteiger partial charge in [0.1, 0.15) is 5.82 Å². The van der Waals surface area contributed by atoms with Crippen molar-refractivity contribution in [2.45, 2.75) is 26.7 Å². The van der Waals surface area contributed by atoms with E-state index in [0.29, 0.717) is 38.4 Å². The summed E-state index contributed by atoms with van der Waals surface area (Å²) in [6.07, 6.45) is 1.43. The zero-order valence-corrected chi connectivity index (χ0v) is 19.2. The Morgan fingerprint density at radius 1 is 1.06 bits per heavy atom. The van der Waals surface area contributed by atoms with Crippen LogP contribution in [-0.2, 0) is 14.3 Å². The normalized spacial score (nSPS) is 14.7. The number of esters is 1. The standard InChI is InChI=1S/C26H30N4O3/c1-3-33-26(32)21-13-15-29(16-14-21)18-25(31)27-24-17-23(20-11-9-19(2)10-12-20)28-30(24)22-7-5-4-6-8-22/h4-12,17,21H,3,13-16,18H2,1-2H3,(H,27,31). The number of anilines is 1. The molecule has 0 atom stereocenters. The average Bonchev–Trinajstić information content (AvgIpc) is 3.24. The summed E-state index contributed by atoms with van der Waals surface area (Å²) in [5.41, 5.74) is 3.85. The minimum Gasteiger partial charge on any atom is -0.466 e. The topological polar surface area (TPSA) is 76.5 Å². The molecule has 1 saturated heterocycles.